The summed E-state index contributed by atoms with van der Waals surface area (Å²) in [5.74, 6) is -0.0740. The number of ether oxygens (including phenoxy) is 1. The van der Waals surface area contributed by atoms with Crippen LogP contribution in [0.4, 0.5) is 5.69 Å². The minimum absolute atomic E-state index is 0. The zero-order valence-corrected chi connectivity index (χ0v) is 19.9. The first-order chi connectivity index (χ1) is 15.0. The van der Waals surface area contributed by atoms with Gasteiger partial charge in [0, 0.05) is 45.5 Å². The van der Waals surface area contributed by atoms with E-state index in [0.717, 1.165) is 64.6 Å². The summed E-state index contributed by atoms with van der Waals surface area (Å²) >= 11 is 1.53. The lowest BCUT2D eigenvalue weighted by Crippen LogP contribution is -2.13. The van der Waals surface area contributed by atoms with Crippen LogP contribution in [-0.4, -0.2) is 28.5 Å². The molecule has 5 rings (SSSR count). The maximum atomic E-state index is 12.6. The van der Waals surface area contributed by atoms with E-state index in [9.17, 15) is 9.59 Å². The first kappa shape index (κ1) is 22.6. The zero-order valence-electron chi connectivity index (χ0n) is 18.3. The van der Waals surface area contributed by atoms with E-state index in [0.29, 0.717) is 11.6 Å². The average molecular weight is 472 g/mol. The summed E-state index contributed by atoms with van der Waals surface area (Å²) < 4.78 is 7.36. The van der Waals surface area contributed by atoms with Gasteiger partial charge < -0.3 is 14.6 Å². The number of carbonyl (C=O) groups is 2. The first-order valence-corrected chi connectivity index (χ1v) is 11.5. The van der Waals surface area contributed by atoms with Crippen LogP contribution in [0.15, 0.2) is 29.6 Å². The fourth-order valence-corrected chi connectivity index (χ4v) is 5.05. The summed E-state index contributed by atoms with van der Waals surface area (Å²) in [5, 5.41) is 5.84. The molecule has 1 amide bonds. The highest BCUT2D eigenvalue weighted by Crippen LogP contribution is 2.43. The second kappa shape index (κ2) is 8.71. The summed E-state index contributed by atoms with van der Waals surface area (Å²) in [6.07, 6.45) is 4.22. The third-order valence-corrected chi connectivity index (χ3v) is 6.97. The lowest BCUT2D eigenvalue weighted by Gasteiger charge is -2.07. The van der Waals surface area contributed by atoms with E-state index in [1.54, 1.807) is 0 Å². The number of hydrogen-bond donors (Lipinski definition) is 1. The van der Waals surface area contributed by atoms with Gasteiger partial charge in [0.1, 0.15) is 5.01 Å². The topological polar surface area (TPSA) is 73.2 Å². The van der Waals surface area contributed by atoms with Crippen molar-refractivity contribution < 1.29 is 14.3 Å². The number of methoxy groups -OCH3 is 1. The number of carbonyl (C=O) groups excluding carboxylic acids is 2. The van der Waals surface area contributed by atoms with Crippen molar-refractivity contribution in [3.63, 3.8) is 0 Å². The third-order valence-electron chi connectivity index (χ3n) is 6.08. The summed E-state index contributed by atoms with van der Waals surface area (Å²) in [7, 11) is 1.42. The van der Waals surface area contributed by atoms with Crippen LogP contribution in [0.1, 0.15) is 53.5 Å². The van der Waals surface area contributed by atoms with Gasteiger partial charge in [0.15, 0.2) is 0 Å². The molecule has 0 aliphatic heterocycles. The Morgan fingerprint density at radius 2 is 1.91 bits per heavy atom. The summed E-state index contributed by atoms with van der Waals surface area (Å²) in [5.41, 5.74) is 5.98. The normalized spacial score (nSPS) is 15.2. The number of hydrogen-bond acceptors (Lipinski definition) is 5. The molecule has 2 aromatic heterocycles. The Morgan fingerprint density at radius 3 is 2.56 bits per heavy atom. The molecule has 0 radical (unpaired) electrons. The second-order valence-electron chi connectivity index (χ2n) is 8.40. The molecule has 32 heavy (non-hydrogen) atoms. The molecular formula is C24H26ClN3O3S. The maximum absolute atomic E-state index is 12.6. The molecule has 8 heteroatoms. The highest BCUT2D eigenvalue weighted by atomic mass is 35.5. The molecule has 2 saturated carbocycles. The number of thiazole rings is 1. The van der Waals surface area contributed by atoms with Crippen LogP contribution in [0.3, 0.4) is 0 Å². The Morgan fingerprint density at radius 1 is 1.16 bits per heavy atom. The van der Waals surface area contributed by atoms with Crippen molar-refractivity contribution in [2.45, 2.75) is 45.6 Å². The number of aromatic nitrogens is 2. The molecule has 2 aliphatic rings. The van der Waals surface area contributed by atoms with Gasteiger partial charge in [0.05, 0.1) is 18.4 Å². The van der Waals surface area contributed by atoms with Crippen LogP contribution in [0.25, 0.3) is 21.8 Å². The maximum Gasteiger partial charge on any atom is 0.340 e. The van der Waals surface area contributed by atoms with Crippen LogP contribution in [0.5, 0.6) is 0 Å². The fraction of sp³-hybridized carbons (Fsp3) is 0.375. The lowest BCUT2D eigenvalue weighted by atomic mass is 10.1. The zero-order chi connectivity index (χ0) is 21.7. The van der Waals surface area contributed by atoms with Gasteiger partial charge in [-0.05, 0) is 51.7 Å². The van der Waals surface area contributed by atoms with Crippen LogP contribution in [0.2, 0.25) is 0 Å². The third kappa shape index (κ3) is 4.07. The quantitative estimate of drug-likeness (QED) is 0.462. The van der Waals surface area contributed by atoms with Crippen molar-refractivity contribution in [1.82, 2.24) is 9.55 Å². The molecule has 0 spiro atoms. The van der Waals surface area contributed by atoms with Gasteiger partial charge in [0.2, 0.25) is 5.91 Å². The Labute approximate surface area is 197 Å². The number of benzene rings is 1. The summed E-state index contributed by atoms with van der Waals surface area (Å²) in [6.45, 7) is 4.04. The molecule has 168 valence electrons. The van der Waals surface area contributed by atoms with E-state index in [1.165, 1.54) is 18.4 Å². The van der Waals surface area contributed by atoms with Crippen molar-refractivity contribution in [3.05, 3.63) is 46.6 Å². The van der Waals surface area contributed by atoms with Crippen molar-refractivity contribution in [2.75, 3.05) is 12.4 Å². The fourth-order valence-electron chi connectivity index (χ4n) is 4.24. The minimum atomic E-state index is -0.325. The van der Waals surface area contributed by atoms with E-state index in [-0.39, 0.29) is 30.2 Å². The van der Waals surface area contributed by atoms with Gasteiger partial charge in [-0.15, -0.1) is 23.7 Å². The van der Waals surface area contributed by atoms with E-state index in [2.05, 4.69) is 16.8 Å². The van der Waals surface area contributed by atoms with Gasteiger partial charge in [-0.3, -0.25) is 4.79 Å². The van der Waals surface area contributed by atoms with Crippen LogP contribution in [-0.2, 0) is 9.53 Å². The molecule has 0 saturated heterocycles. The van der Waals surface area contributed by atoms with Crippen LogP contribution >= 0.6 is 23.7 Å². The lowest BCUT2D eigenvalue weighted by molar-refractivity contribution is -0.117. The highest BCUT2D eigenvalue weighted by Gasteiger charge is 2.33. The largest absolute Gasteiger partial charge is 0.465 e. The Hall–Kier alpha value is -2.64. The molecular weight excluding hydrogens is 446 g/mol. The SMILES string of the molecule is COC(=O)c1c(-c2csc(-c3cccc(NC(=O)C4CC4)c3)n2)c(C)n(C2CC2)c1C.Cl. The van der Waals surface area contributed by atoms with E-state index in [4.69, 9.17) is 9.72 Å². The number of esters is 1. The number of anilines is 1. The van der Waals surface area contributed by atoms with Crippen molar-refractivity contribution >= 4 is 41.3 Å². The molecule has 2 aliphatic carbocycles. The minimum Gasteiger partial charge on any atom is -0.465 e. The number of nitrogens with one attached hydrogen (secondary N) is 1. The first-order valence-electron chi connectivity index (χ1n) is 10.6. The monoisotopic (exact) mass is 471 g/mol. The van der Waals surface area contributed by atoms with Gasteiger partial charge in [-0.25, -0.2) is 9.78 Å². The molecule has 3 aromatic rings. The van der Waals surface area contributed by atoms with E-state index in [1.807, 2.05) is 36.6 Å². The van der Waals surface area contributed by atoms with Gasteiger partial charge in [-0.2, -0.15) is 0 Å². The standard InChI is InChI=1S/C24H25N3O3S.ClH/c1-13-20(21(24(29)30-3)14(2)27(13)18-9-10-18)19-12-31-23(26-19)16-5-4-6-17(11-16)25-22(28)15-7-8-15;/h4-6,11-12,15,18H,7-10H2,1-3H3,(H,25,28);1H. The molecule has 1 aromatic carbocycles. The number of halogens is 1. The van der Waals surface area contributed by atoms with Crippen molar-refractivity contribution in [3.8, 4) is 21.8 Å². The Kier molecular flexibility index (Phi) is 6.14. The predicted octanol–water partition coefficient (Wildman–Crippen LogP) is 5.79. The molecule has 6 nitrogen and oxygen atoms in total. The molecule has 2 fully saturated rings. The number of amides is 1. The smallest absolute Gasteiger partial charge is 0.340 e. The van der Waals surface area contributed by atoms with E-state index < -0.39 is 0 Å². The van der Waals surface area contributed by atoms with Crippen LogP contribution < -0.4 is 5.32 Å². The average Bonchev–Trinajstić information content (AvgIpc) is 3.69. The highest BCUT2D eigenvalue weighted by molar-refractivity contribution is 7.13. The van der Waals surface area contributed by atoms with Crippen LogP contribution in [0, 0.1) is 19.8 Å². The van der Waals surface area contributed by atoms with Gasteiger partial charge in [-0.1, -0.05) is 12.1 Å². The molecule has 0 unspecified atom stereocenters. The van der Waals surface area contributed by atoms with Crippen molar-refractivity contribution in [2.24, 2.45) is 5.92 Å². The number of nitrogens with zero attached hydrogens (tertiary/aromatic N) is 2. The van der Waals surface area contributed by atoms with Gasteiger partial charge in [0.25, 0.3) is 0 Å². The number of rotatable bonds is 6. The molecule has 0 bridgehead atoms. The summed E-state index contributed by atoms with van der Waals surface area (Å²) in [4.78, 5) is 29.6. The molecule has 0 atom stereocenters. The predicted molar refractivity (Wildman–Crippen MR) is 129 cm³/mol. The Bertz CT molecular complexity index is 1190. The van der Waals surface area contributed by atoms with Gasteiger partial charge >= 0.3 is 5.97 Å². The molecule has 1 N–H and O–H groups in total. The van der Waals surface area contributed by atoms with Crippen molar-refractivity contribution in [1.29, 1.82) is 0 Å². The second-order valence-corrected chi connectivity index (χ2v) is 9.25. The summed E-state index contributed by atoms with van der Waals surface area (Å²) in [6, 6.07) is 8.23. The molecule has 2 heterocycles. The Balaban J connectivity index is 0.00000245. The van der Waals surface area contributed by atoms with E-state index >= 15 is 0 Å².